The maximum Gasteiger partial charge on any atom is 0.433 e. The van der Waals surface area contributed by atoms with E-state index in [1.54, 1.807) is 6.07 Å². The van der Waals surface area contributed by atoms with Crippen molar-refractivity contribution in [2.24, 2.45) is 5.92 Å². The summed E-state index contributed by atoms with van der Waals surface area (Å²) in [6.45, 7) is 2.06. The van der Waals surface area contributed by atoms with Gasteiger partial charge in [-0.3, -0.25) is 4.79 Å². The Morgan fingerprint density at radius 2 is 2.11 bits per heavy atom. The van der Waals surface area contributed by atoms with Crippen molar-refractivity contribution in [1.82, 2.24) is 19.9 Å². The summed E-state index contributed by atoms with van der Waals surface area (Å²) in [5.74, 6) is 0.0318. The first-order chi connectivity index (χ1) is 13.3. The predicted octanol–water partition coefficient (Wildman–Crippen LogP) is 4.32. The molecule has 1 fully saturated rings. The molecule has 2 unspecified atom stereocenters. The van der Waals surface area contributed by atoms with Crippen LogP contribution in [0.3, 0.4) is 0 Å². The van der Waals surface area contributed by atoms with Crippen LogP contribution in [-0.2, 0) is 6.18 Å². The molecule has 2 atom stereocenters. The van der Waals surface area contributed by atoms with Crippen LogP contribution in [0.15, 0.2) is 35.1 Å². The number of furan rings is 1. The van der Waals surface area contributed by atoms with Gasteiger partial charge >= 0.3 is 6.18 Å². The molecule has 3 aromatic rings. The van der Waals surface area contributed by atoms with Gasteiger partial charge in [0, 0.05) is 6.04 Å². The molecule has 1 N–H and O–H groups in total. The van der Waals surface area contributed by atoms with E-state index in [4.69, 9.17) is 4.42 Å². The zero-order valence-electron chi connectivity index (χ0n) is 15.2. The van der Waals surface area contributed by atoms with Crippen molar-refractivity contribution in [3.63, 3.8) is 0 Å². The first kappa shape index (κ1) is 18.5. The third-order valence-corrected chi connectivity index (χ3v) is 5.21. The van der Waals surface area contributed by atoms with Crippen LogP contribution in [0.4, 0.5) is 13.2 Å². The summed E-state index contributed by atoms with van der Waals surface area (Å²) in [7, 11) is 0. The largest absolute Gasteiger partial charge is 0.463 e. The zero-order valence-corrected chi connectivity index (χ0v) is 15.2. The lowest BCUT2D eigenvalue weighted by molar-refractivity contribution is -0.142. The molecule has 1 aliphatic carbocycles. The minimum absolute atomic E-state index is 0.00783. The van der Waals surface area contributed by atoms with Gasteiger partial charge in [0.05, 0.1) is 12.5 Å². The Balaban J connectivity index is 1.77. The maximum absolute atomic E-state index is 13.6. The summed E-state index contributed by atoms with van der Waals surface area (Å²) in [6, 6.07) is 3.93. The minimum atomic E-state index is -4.67. The molecule has 1 aliphatic rings. The highest BCUT2D eigenvalue weighted by molar-refractivity contribution is 6.00. The molecular weight excluding hydrogens is 373 g/mol. The Bertz CT molecular complexity index is 995. The van der Waals surface area contributed by atoms with Gasteiger partial charge in [0.1, 0.15) is 11.3 Å². The molecule has 0 aliphatic heterocycles. The number of carbonyl (C=O) groups is 1. The lowest BCUT2D eigenvalue weighted by Gasteiger charge is -2.29. The van der Waals surface area contributed by atoms with Crippen molar-refractivity contribution in [3.8, 4) is 11.5 Å². The van der Waals surface area contributed by atoms with Crippen LogP contribution in [-0.4, -0.2) is 26.5 Å². The quantitative estimate of drug-likeness (QED) is 0.721. The molecule has 3 aromatic heterocycles. The number of amides is 1. The van der Waals surface area contributed by atoms with Gasteiger partial charge in [0.25, 0.3) is 5.91 Å². The first-order valence-electron chi connectivity index (χ1n) is 9.15. The first-order valence-corrected chi connectivity index (χ1v) is 9.15. The van der Waals surface area contributed by atoms with E-state index in [0.717, 1.165) is 37.9 Å². The fraction of sp³-hybridized carbons (Fsp3) is 0.421. The number of alkyl halides is 3. The summed E-state index contributed by atoms with van der Waals surface area (Å²) in [5.41, 5.74) is -1.17. The second kappa shape index (κ2) is 6.96. The number of carbonyl (C=O) groups excluding carboxylic acids is 1. The van der Waals surface area contributed by atoms with E-state index in [1.807, 2.05) is 0 Å². The number of rotatable bonds is 3. The Morgan fingerprint density at radius 1 is 1.32 bits per heavy atom. The second-order valence-electron chi connectivity index (χ2n) is 7.14. The van der Waals surface area contributed by atoms with Crippen LogP contribution in [0, 0.1) is 5.92 Å². The Morgan fingerprint density at radius 3 is 2.79 bits per heavy atom. The highest BCUT2D eigenvalue weighted by atomic mass is 19.4. The second-order valence-corrected chi connectivity index (χ2v) is 7.14. The lowest BCUT2D eigenvalue weighted by Crippen LogP contribution is -2.41. The molecule has 3 heterocycles. The molecule has 148 valence electrons. The smallest absolute Gasteiger partial charge is 0.433 e. The number of nitrogens with one attached hydrogen (secondary N) is 1. The van der Waals surface area contributed by atoms with Crippen molar-refractivity contribution in [1.29, 1.82) is 0 Å². The van der Waals surface area contributed by atoms with Crippen LogP contribution in [0.25, 0.3) is 17.1 Å². The molecule has 0 aromatic carbocycles. The van der Waals surface area contributed by atoms with Gasteiger partial charge in [-0.15, -0.1) is 0 Å². The third kappa shape index (κ3) is 3.36. The van der Waals surface area contributed by atoms with E-state index >= 15 is 0 Å². The number of hydrogen-bond donors (Lipinski definition) is 1. The van der Waals surface area contributed by atoms with E-state index in [0.29, 0.717) is 10.4 Å². The highest BCUT2D eigenvalue weighted by Crippen LogP contribution is 2.33. The van der Waals surface area contributed by atoms with Gasteiger partial charge in [-0.05, 0) is 37.0 Å². The molecule has 6 nitrogen and oxygen atoms in total. The van der Waals surface area contributed by atoms with Crippen LogP contribution in [0.2, 0.25) is 0 Å². The van der Waals surface area contributed by atoms with E-state index in [9.17, 15) is 18.0 Å². The number of aromatic nitrogens is 3. The molecular formula is C19H19F3N4O2. The van der Waals surface area contributed by atoms with Crippen LogP contribution < -0.4 is 5.32 Å². The molecule has 9 heteroatoms. The van der Waals surface area contributed by atoms with Crippen molar-refractivity contribution in [2.75, 3.05) is 0 Å². The van der Waals surface area contributed by atoms with Crippen molar-refractivity contribution in [2.45, 2.75) is 44.8 Å². The SMILES string of the molecule is CC1CCCCC1NC(=O)c1cnn2c(C(F)(F)F)cc(-c3ccco3)nc12. The fourth-order valence-corrected chi connectivity index (χ4v) is 3.65. The van der Waals surface area contributed by atoms with E-state index in [2.05, 4.69) is 22.3 Å². The van der Waals surface area contributed by atoms with Gasteiger partial charge in [-0.1, -0.05) is 19.8 Å². The summed E-state index contributed by atoms with van der Waals surface area (Å²) in [4.78, 5) is 17.0. The topological polar surface area (TPSA) is 72.4 Å². The van der Waals surface area contributed by atoms with Crippen molar-refractivity contribution in [3.05, 3.63) is 41.9 Å². The molecule has 0 radical (unpaired) electrons. The summed E-state index contributed by atoms with van der Waals surface area (Å²) in [5, 5.41) is 6.72. The van der Waals surface area contributed by atoms with Crippen molar-refractivity contribution >= 4 is 11.6 Å². The third-order valence-electron chi connectivity index (χ3n) is 5.21. The summed E-state index contributed by atoms with van der Waals surface area (Å²) in [6.07, 6.45) is 1.82. The highest BCUT2D eigenvalue weighted by Gasteiger charge is 2.36. The zero-order chi connectivity index (χ0) is 19.9. The number of fused-ring (bicyclic) bond motifs is 1. The number of hydrogen-bond acceptors (Lipinski definition) is 4. The van der Waals surface area contributed by atoms with Gasteiger partial charge in [0.2, 0.25) is 0 Å². The number of nitrogens with zero attached hydrogens (tertiary/aromatic N) is 3. The van der Waals surface area contributed by atoms with E-state index in [1.165, 1.54) is 12.3 Å². The van der Waals surface area contributed by atoms with Crippen LogP contribution >= 0.6 is 0 Å². The normalized spacial score (nSPS) is 20.4. The van der Waals surface area contributed by atoms with E-state index in [-0.39, 0.29) is 28.7 Å². The Labute approximate surface area is 158 Å². The fourth-order valence-electron chi connectivity index (χ4n) is 3.65. The average Bonchev–Trinajstić information content (AvgIpc) is 3.31. The summed E-state index contributed by atoms with van der Waals surface area (Å²) < 4.78 is 46.5. The predicted molar refractivity (Wildman–Crippen MR) is 94.6 cm³/mol. The van der Waals surface area contributed by atoms with Crippen molar-refractivity contribution < 1.29 is 22.4 Å². The molecule has 28 heavy (non-hydrogen) atoms. The molecule has 0 saturated heterocycles. The standard InChI is InChI=1S/C19H19F3N4O2/c1-11-5-2-3-6-13(11)25-18(27)12-10-23-26-16(19(20,21)22)9-14(24-17(12)26)15-7-4-8-28-15/h4,7-11,13H,2-3,5-6H2,1H3,(H,25,27). The summed E-state index contributed by atoms with van der Waals surface area (Å²) >= 11 is 0. The molecule has 1 amide bonds. The minimum Gasteiger partial charge on any atom is -0.463 e. The molecule has 0 spiro atoms. The monoisotopic (exact) mass is 392 g/mol. The average molecular weight is 392 g/mol. The maximum atomic E-state index is 13.6. The lowest BCUT2D eigenvalue weighted by atomic mass is 9.86. The van der Waals surface area contributed by atoms with Crippen LogP contribution in [0.1, 0.15) is 48.7 Å². The van der Waals surface area contributed by atoms with Gasteiger partial charge < -0.3 is 9.73 Å². The van der Waals surface area contributed by atoms with Gasteiger partial charge in [-0.2, -0.15) is 18.3 Å². The number of halogens is 3. The Hall–Kier alpha value is -2.84. The van der Waals surface area contributed by atoms with Gasteiger partial charge in [-0.25, -0.2) is 9.50 Å². The molecule has 4 rings (SSSR count). The van der Waals surface area contributed by atoms with Crippen LogP contribution in [0.5, 0.6) is 0 Å². The molecule has 1 saturated carbocycles. The van der Waals surface area contributed by atoms with Gasteiger partial charge in [0.15, 0.2) is 17.1 Å². The molecule has 0 bridgehead atoms. The van der Waals surface area contributed by atoms with E-state index < -0.39 is 17.8 Å². The Kier molecular flexibility index (Phi) is 4.60.